The molecule has 0 fully saturated rings. The Kier molecular flexibility index (Phi) is 6.69. The molecule has 0 radical (unpaired) electrons. The van der Waals surface area contributed by atoms with Crippen molar-refractivity contribution in [3.8, 4) is 44.6 Å². The van der Waals surface area contributed by atoms with Gasteiger partial charge >= 0.3 is 0 Å². The average Bonchev–Trinajstić information content (AvgIpc) is 3.12. The molecule has 3 nitrogen and oxygen atoms in total. The van der Waals surface area contributed by atoms with Crippen molar-refractivity contribution in [2.24, 2.45) is 5.73 Å². The van der Waals surface area contributed by atoms with Gasteiger partial charge in [0.2, 0.25) is 0 Å². The van der Waals surface area contributed by atoms with Crippen molar-refractivity contribution in [1.29, 1.82) is 0 Å². The molecule has 8 rings (SSSR count). The lowest BCUT2D eigenvalue weighted by Crippen LogP contribution is -2.17. The standard InChI is InChI=1S/C42H31N3/c43-38(29-12-2-1-3-13-29)27-41-37-26-31(20-22-36(37)42-34-17-5-4-11-28(34)21-23-40(42)45-41)30-14-10-15-32(25-30)33-16-6-7-18-35(33)39-19-8-9-24-44-39/h1-27,41,45H,43H2/b38-27-. The third-order valence-corrected chi connectivity index (χ3v) is 8.72. The Morgan fingerprint density at radius 2 is 1.36 bits per heavy atom. The molecule has 214 valence electrons. The molecule has 2 heterocycles. The second-order valence-electron chi connectivity index (χ2n) is 11.5. The molecule has 1 aromatic heterocycles. The number of benzene rings is 6. The molecule has 1 aliphatic rings. The van der Waals surface area contributed by atoms with E-state index in [0.717, 1.165) is 50.5 Å². The SMILES string of the molecule is N/C(=C\C1Nc2ccc3ccccc3c2-c2ccc(-c3cccc(-c4ccccc4-c4ccccn4)c3)cc21)c1ccccc1. The molecule has 0 amide bonds. The van der Waals surface area contributed by atoms with Gasteiger partial charge in [-0.3, -0.25) is 4.98 Å². The fourth-order valence-electron chi connectivity index (χ4n) is 6.54. The van der Waals surface area contributed by atoms with Gasteiger partial charge in [0.1, 0.15) is 0 Å². The number of nitrogens with two attached hydrogens (primary N) is 1. The van der Waals surface area contributed by atoms with E-state index in [1.54, 1.807) is 0 Å². The van der Waals surface area contributed by atoms with Crippen LogP contribution >= 0.6 is 0 Å². The van der Waals surface area contributed by atoms with Gasteiger partial charge in [0.15, 0.2) is 0 Å². The fraction of sp³-hybridized carbons (Fsp3) is 0.0238. The van der Waals surface area contributed by atoms with E-state index in [9.17, 15) is 0 Å². The van der Waals surface area contributed by atoms with E-state index in [1.165, 1.54) is 27.5 Å². The quantitative estimate of drug-likeness (QED) is 0.214. The number of aromatic nitrogens is 1. The van der Waals surface area contributed by atoms with Crippen molar-refractivity contribution in [1.82, 2.24) is 4.98 Å². The van der Waals surface area contributed by atoms with E-state index in [4.69, 9.17) is 5.73 Å². The number of fused-ring (bicyclic) bond motifs is 5. The summed E-state index contributed by atoms with van der Waals surface area (Å²) in [5.74, 6) is 0. The molecule has 6 aromatic carbocycles. The van der Waals surface area contributed by atoms with E-state index in [-0.39, 0.29) is 6.04 Å². The van der Waals surface area contributed by atoms with Gasteiger partial charge in [-0.25, -0.2) is 0 Å². The summed E-state index contributed by atoms with van der Waals surface area (Å²) < 4.78 is 0. The molecule has 7 aromatic rings. The lowest BCUT2D eigenvalue weighted by atomic mass is 9.84. The summed E-state index contributed by atoms with van der Waals surface area (Å²) >= 11 is 0. The van der Waals surface area contributed by atoms with Gasteiger partial charge in [-0.2, -0.15) is 0 Å². The van der Waals surface area contributed by atoms with Crippen molar-refractivity contribution >= 4 is 22.2 Å². The van der Waals surface area contributed by atoms with Gasteiger partial charge in [-0.05, 0) is 86.1 Å². The van der Waals surface area contributed by atoms with Crippen LogP contribution in [-0.4, -0.2) is 4.98 Å². The molecule has 0 bridgehead atoms. The van der Waals surface area contributed by atoms with Crippen LogP contribution in [0.1, 0.15) is 17.2 Å². The zero-order valence-electron chi connectivity index (χ0n) is 24.7. The summed E-state index contributed by atoms with van der Waals surface area (Å²) in [5, 5.41) is 6.29. The maximum atomic E-state index is 6.71. The van der Waals surface area contributed by atoms with Crippen LogP contribution in [0.25, 0.3) is 61.1 Å². The number of anilines is 1. The first-order valence-electron chi connectivity index (χ1n) is 15.3. The molecule has 45 heavy (non-hydrogen) atoms. The smallest absolute Gasteiger partial charge is 0.0727 e. The van der Waals surface area contributed by atoms with Gasteiger partial charge in [-0.1, -0.05) is 121 Å². The highest BCUT2D eigenvalue weighted by molar-refractivity contribution is 6.05. The number of pyridine rings is 1. The van der Waals surface area contributed by atoms with Crippen molar-refractivity contribution in [3.05, 3.63) is 175 Å². The predicted molar refractivity (Wildman–Crippen MR) is 188 cm³/mol. The summed E-state index contributed by atoms with van der Waals surface area (Å²) in [5.41, 5.74) is 20.0. The van der Waals surface area contributed by atoms with Crippen molar-refractivity contribution in [2.45, 2.75) is 6.04 Å². The minimum atomic E-state index is -0.0955. The van der Waals surface area contributed by atoms with Gasteiger partial charge in [0, 0.05) is 28.7 Å². The van der Waals surface area contributed by atoms with Crippen molar-refractivity contribution < 1.29 is 0 Å². The topological polar surface area (TPSA) is 50.9 Å². The van der Waals surface area contributed by atoms with Crippen LogP contribution in [-0.2, 0) is 0 Å². The highest BCUT2D eigenvalue weighted by atomic mass is 14.9. The third kappa shape index (κ3) is 4.95. The van der Waals surface area contributed by atoms with E-state index in [2.05, 4.69) is 138 Å². The van der Waals surface area contributed by atoms with E-state index in [0.29, 0.717) is 0 Å². The maximum Gasteiger partial charge on any atom is 0.0727 e. The first-order chi connectivity index (χ1) is 22.2. The van der Waals surface area contributed by atoms with E-state index >= 15 is 0 Å². The number of nitrogens with zero attached hydrogens (tertiary/aromatic N) is 1. The highest BCUT2D eigenvalue weighted by Gasteiger charge is 2.25. The Morgan fingerprint density at radius 3 is 2.22 bits per heavy atom. The van der Waals surface area contributed by atoms with Crippen LogP contribution in [0.2, 0.25) is 0 Å². The van der Waals surface area contributed by atoms with Crippen molar-refractivity contribution in [3.63, 3.8) is 0 Å². The Morgan fingerprint density at radius 1 is 0.600 bits per heavy atom. The summed E-state index contributed by atoms with van der Waals surface area (Å²) in [6.45, 7) is 0. The first-order valence-corrected chi connectivity index (χ1v) is 15.3. The molecule has 0 spiro atoms. The minimum absolute atomic E-state index is 0.0955. The molecule has 0 saturated heterocycles. The first kappa shape index (κ1) is 26.7. The molecule has 0 saturated carbocycles. The van der Waals surface area contributed by atoms with Gasteiger partial charge < -0.3 is 11.1 Å². The number of hydrogen-bond donors (Lipinski definition) is 2. The molecule has 1 aliphatic heterocycles. The van der Waals surface area contributed by atoms with Crippen molar-refractivity contribution in [2.75, 3.05) is 5.32 Å². The number of nitrogens with one attached hydrogen (secondary N) is 1. The minimum Gasteiger partial charge on any atom is -0.398 e. The summed E-state index contributed by atoms with van der Waals surface area (Å²) in [6.07, 6.45) is 4.00. The Hall–Kier alpha value is -5.93. The summed E-state index contributed by atoms with van der Waals surface area (Å²) in [4.78, 5) is 4.64. The maximum absolute atomic E-state index is 6.71. The lowest BCUT2D eigenvalue weighted by Gasteiger charge is -2.30. The number of rotatable bonds is 5. The molecule has 0 aliphatic carbocycles. The summed E-state index contributed by atoms with van der Waals surface area (Å²) in [6, 6.07) is 53.3. The molecule has 1 unspecified atom stereocenters. The Labute approximate surface area is 263 Å². The highest BCUT2D eigenvalue weighted by Crippen LogP contribution is 2.46. The average molecular weight is 578 g/mol. The molecular formula is C42H31N3. The van der Waals surface area contributed by atoms with E-state index < -0.39 is 0 Å². The molecule has 1 atom stereocenters. The third-order valence-electron chi connectivity index (χ3n) is 8.72. The second kappa shape index (κ2) is 11.3. The number of hydrogen-bond acceptors (Lipinski definition) is 3. The fourth-order valence-corrected chi connectivity index (χ4v) is 6.54. The lowest BCUT2D eigenvalue weighted by molar-refractivity contribution is 0.974. The molecular weight excluding hydrogens is 546 g/mol. The van der Waals surface area contributed by atoms with Crippen LogP contribution in [0.15, 0.2) is 164 Å². The predicted octanol–water partition coefficient (Wildman–Crippen LogP) is 10.4. The van der Waals surface area contributed by atoms with Gasteiger partial charge in [-0.15, -0.1) is 0 Å². The Bertz CT molecular complexity index is 2200. The molecule has 3 heteroatoms. The Balaban J connectivity index is 1.27. The second-order valence-corrected chi connectivity index (χ2v) is 11.5. The van der Waals surface area contributed by atoms with Crippen LogP contribution < -0.4 is 11.1 Å². The van der Waals surface area contributed by atoms with Crippen LogP contribution in [0.4, 0.5) is 5.69 Å². The van der Waals surface area contributed by atoms with Crippen LogP contribution in [0.5, 0.6) is 0 Å². The van der Waals surface area contributed by atoms with E-state index in [1.807, 2.05) is 36.5 Å². The van der Waals surface area contributed by atoms with Gasteiger partial charge in [0.05, 0.1) is 11.7 Å². The monoisotopic (exact) mass is 577 g/mol. The normalized spacial score (nSPS) is 14.0. The largest absolute Gasteiger partial charge is 0.398 e. The summed E-state index contributed by atoms with van der Waals surface area (Å²) in [7, 11) is 0. The van der Waals surface area contributed by atoms with Crippen LogP contribution in [0, 0.1) is 0 Å². The molecule has 3 N–H and O–H groups in total. The van der Waals surface area contributed by atoms with Gasteiger partial charge in [0.25, 0.3) is 0 Å². The van der Waals surface area contributed by atoms with Crippen LogP contribution in [0.3, 0.4) is 0 Å². The zero-order valence-corrected chi connectivity index (χ0v) is 24.7. The zero-order chi connectivity index (χ0) is 30.2.